The van der Waals surface area contributed by atoms with E-state index in [0.717, 1.165) is 31.5 Å². The Bertz CT molecular complexity index is 461. The van der Waals surface area contributed by atoms with E-state index in [9.17, 15) is 5.11 Å². The Morgan fingerprint density at radius 2 is 2.11 bits per heavy atom. The average molecular weight is 259 g/mol. The Labute approximate surface area is 114 Å². The summed E-state index contributed by atoms with van der Waals surface area (Å²) in [6.45, 7) is 2.23. The maximum atomic E-state index is 9.36. The van der Waals surface area contributed by atoms with Gasteiger partial charge in [-0.1, -0.05) is 30.0 Å². The molecule has 0 amide bonds. The Balaban J connectivity index is 2.10. The topological polar surface area (TPSA) is 43.7 Å². The van der Waals surface area contributed by atoms with E-state index in [1.165, 1.54) is 5.56 Å². The molecule has 0 aromatic heterocycles. The van der Waals surface area contributed by atoms with Gasteiger partial charge in [-0.15, -0.1) is 0 Å². The second kappa shape index (κ2) is 7.30. The summed E-state index contributed by atoms with van der Waals surface area (Å²) in [5.74, 6) is 6.10. The van der Waals surface area contributed by atoms with Crippen LogP contribution in [0.25, 0.3) is 0 Å². The summed E-state index contributed by atoms with van der Waals surface area (Å²) in [5, 5.41) is 18.1. The van der Waals surface area contributed by atoms with Gasteiger partial charge >= 0.3 is 0 Å². The lowest BCUT2D eigenvalue weighted by Gasteiger charge is -2.23. The van der Waals surface area contributed by atoms with Crippen LogP contribution in [0.15, 0.2) is 24.3 Å². The predicted molar refractivity (Wildman–Crippen MR) is 75.5 cm³/mol. The summed E-state index contributed by atoms with van der Waals surface area (Å²) >= 11 is 0. The first-order valence-corrected chi connectivity index (χ1v) is 6.87. The van der Waals surface area contributed by atoms with Crippen LogP contribution in [0.2, 0.25) is 0 Å². The summed E-state index contributed by atoms with van der Waals surface area (Å²) in [6, 6.07) is 8.41. The standard InChI is InChI=1S/C16H21NO2/c18-11-4-3-7-14-6-1-2-8-15(14)12-17-10-5-9-16(17)13-19/h1-2,6,8,16,18-19H,4-5,9-13H2. The molecule has 1 aromatic rings. The van der Waals surface area contributed by atoms with Crippen molar-refractivity contribution in [1.82, 2.24) is 4.90 Å². The molecular weight excluding hydrogens is 238 g/mol. The molecule has 1 saturated heterocycles. The van der Waals surface area contributed by atoms with Crippen molar-refractivity contribution in [3.05, 3.63) is 35.4 Å². The molecule has 0 bridgehead atoms. The number of rotatable bonds is 4. The van der Waals surface area contributed by atoms with Crippen molar-refractivity contribution in [2.45, 2.75) is 31.8 Å². The maximum absolute atomic E-state index is 9.36. The van der Waals surface area contributed by atoms with Crippen LogP contribution < -0.4 is 0 Å². The third-order valence-corrected chi connectivity index (χ3v) is 3.56. The molecule has 1 fully saturated rings. The zero-order chi connectivity index (χ0) is 13.5. The van der Waals surface area contributed by atoms with Crippen molar-refractivity contribution in [1.29, 1.82) is 0 Å². The molecular formula is C16H21NO2. The zero-order valence-corrected chi connectivity index (χ0v) is 11.2. The fourth-order valence-corrected chi connectivity index (χ4v) is 2.52. The molecule has 3 nitrogen and oxygen atoms in total. The van der Waals surface area contributed by atoms with E-state index in [1.807, 2.05) is 18.2 Å². The number of hydrogen-bond acceptors (Lipinski definition) is 3. The zero-order valence-electron chi connectivity index (χ0n) is 11.2. The van der Waals surface area contributed by atoms with Crippen LogP contribution in [-0.2, 0) is 6.54 Å². The Morgan fingerprint density at radius 1 is 1.26 bits per heavy atom. The second-order valence-corrected chi connectivity index (χ2v) is 4.88. The number of aliphatic hydroxyl groups excluding tert-OH is 2. The first-order chi connectivity index (χ1) is 9.35. The largest absolute Gasteiger partial charge is 0.395 e. The summed E-state index contributed by atoms with van der Waals surface area (Å²) in [7, 11) is 0. The molecule has 2 rings (SSSR count). The third-order valence-electron chi connectivity index (χ3n) is 3.56. The molecule has 0 saturated carbocycles. The first kappa shape index (κ1) is 14.1. The molecule has 1 aromatic carbocycles. The third kappa shape index (κ3) is 3.81. The van der Waals surface area contributed by atoms with Gasteiger partial charge in [0.05, 0.1) is 13.2 Å². The number of hydrogen-bond donors (Lipinski definition) is 2. The SMILES string of the molecule is OCCC#Cc1ccccc1CN1CCCC1CO. The minimum absolute atomic E-state index is 0.105. The van der Waals surface area contributed by atoms with Gasteiger partial charge in [-0.25, -0.2) is 0 Å². The molecule has 1 atom stereocenters. The van der Waals surface area contributed by atoms with E-state index < -0.39 is 0 Å². The van der Waals surface area contributed by atoms with E-state index in [2.05, 4.69) is 22.8 Å². The van der Waals surface area contributed by atoms with Crippen LogP contribution >= 0.6 is 0 Å². The maximum Gasteiger partial charge on any atom is 0.0587 e. The Kier molecular flexibility index (Phi) is 5.41. The Hall–Kier alpha value is -1.34. The fraction of sp³-hybridized carbons (Fsp3) is 0.500. The molecule has 1 aliphatic rings. The van der Waals surface area contributed by atoms with Crippen molar-refractivity contribution in [2.24, 2.45) is 0 Å². The van der Waals surface area contributed by atoms with Gasteiger partial charge in [0.2, 0.25) is 0 Å². The minimum Gasteiger partial charge on any atom is -0.395 e. The van der Waals surface area contributed by atoms with Crippen LogP contribution in [0, 0.1) is 11.8 Å². The van der Waals surface area contributed by atoms with E-state index >= 15 is 0 Å². The Morgan fingerprint density at radius 3 is 2.89 bits per heavy atom. The van der Waals surface area contributed by atoms with Crippen LogP contribution in [0.5, 0.6) is 0 Å². The van der Waals surface area contributed by atoms with Gasteiger partial charge in [0, 0.05) is 24.6 Å². The molecule has 19 heavy (non-hydrogen) atoms. The van der Waals surface area contributed by atoms with Gasteiger partial charge < -0.3 is 10.2 Å². The van der Waals surface area contributed by atoms with Crippen molar-refractivity contribution >= 4 is 0 Å². The molecule has 2 N–H and O–H groups in total. The monoisotopic (exact) mass is 259 g/mol. The quantitative estimate of drug-likeness (QED) is 0.803. The lowest BCUT2D eigenvalue weighted by Crippen LogP contribution is -2.31. The molecule has 0 radical (unpaired) electrons. The highest BCUT2D eigenvalue weighted by Crippen LogP contribution is 2.20. The van der Waals surface area contributed by atoms with Gasteiger partial charge in [-0.2, -0.15) is 0 Å². The van der Waals surface area contributed by atoms with E-state index in [-0.39, 0.29) is 13.2 Å². The van der Waals surface area contributed by atoms with Crippen molar-refractivity contribution < 1.29 is 10.2 Å². The summed E-state index contributed by atoms with van der Waals surface area (Å²) in [5.41, 5.74) is 2.23. The van der Waals surface area contributed by atoms with Gasteiger partial charge in [-0.05, 0) is 31.0 Å². The highest BCUT2D eigenvalue weighted by Gasteiger charge is 2.23. The van der Waals surface area contributed by atoms with Crippen LogP contribution in [0.1, 0.15) is 30.4 Å². The van der Waals surface area contributed by atoms with Gasteiger partial charge in [0.1, 0.15) is 0 Å². The smallest absolute Gasteiger partial charge is 0.0587 e. The van der Waals surface area contributed by atoms with Gasteiger partial charge in [0.25, 0.3) is 0 Å². The normalized spacial score (nSPS) is 19.2. The van der Waals surface area contributed by atoms with Crippen LogP contribution in [-0.4, -0.2) is 40.9 Å². The van der Waals surface area contributed by atoms with E-state index in [1.54, 1.807) is 0 Å². The number of likely N-dealkylation sites (tertiary alicyclic amines) is 1. The lowest BCUT2D eigenvalue weighted by molar-refractivity contribution is 0.153. The number of aliphatic hydroxyl groups is 2. The first-order valence-electron chi connectivity index (χ1n) is 6.87. The van der Waals surface area contributed by atoms with Gasteiger partial charge in [-0.3, -0.25) is 4.90 Å². The summed E-state index contributed by atoms with van der Waals surface area (Å²) in [6.07, 6.45) is 2.75. The van der Waals surface area contributed by atoms with Crippen molar-refractivity contribution in [3.63, 3.8) is 0 Å². The van der Waals surface area contributed by atoms with Crippen molar-refractivity contribution in [2.75, 3.05) is 19.8 Å². The molecule has 3 heteroatoms. The lowest BCUT2D eigenvalue weighted by atomic mass is 10.1. The number of benzene rings is 1. The summed E-state index contributed by atoms with van der Waals surface area (Å²) in [4.78, 5) is 2.33. The average Bonchev–Trinajstić information content (AvgIpc) is 2.88. The molecule has 1 unspecified atom stereocenters. The fourth-order valence-electron chi connectivity index (χ4n) is 2.52. The van der Waals surface area contributed by atoms with Crippen LogP contribution in [0.3, 0.4) is 0 Å². The molecule has 0 aliphatic carbocycles. The van der Waals surface area contributed by atoms with Crippen LogP contribution in [0.4, 0.5) is 0 Å². The molecule has 0 spiro atoms. The highest BCUT2D eigenvalue weighted by molar-refractivity contribution is 5.41. The highest BCUT2D eigenvalue weighted by atomic mass is 16.3. The predicted octanol–water partition coefficient (Wildman–Crippen LogP) is 1.38. The molecule has 102 valence electrons. The summed E-state index contributed by atoms with van der Waals surface area (Å²) < 4.78 is 0. The van der Waals surface area contributed by atoms with E-state index in [0.29, 0.717) is 12.5 Å². The minimum atomic E-state index is 0.105. The van der Waals surface area contributed by atoms with Gasteiger partial charge in [0.15, 0.2) is 0 Å². The van der Waals surface area contributed by atoms with Crippen molar-refractivity contribution in [3.8, 4) is 11.8 Å². The van der Waals surface area contributed by atoms with E-state index in [4.69, 9.17) is 5.11 Å². The number of nitrogens with zero attached hydrogens (tertiary/aromatic N) is 1. The molecule has 1 aliphatic heterocycles. The molecule has 1 heterocycles. The second-order valence-electron chi connectivity index (χ2n) is 4.88.